The van der Waals surface area contributed by atoms with Gasteiger partial charge in [-0.15, -0.1) is 0 Å². The molecule has 3 aromatic heterocycles. The molecule has 0 saturated carbocycles. The van der Waals surface area contributed by atoms with Crippen molar-refractivity contribution in [2.75, 3.05) is 0 Å². The third kappa shape index (κ3) is 9.15. The summed E-state index contributed by atoms with van der Waals surface area (Å²) in [5, 5.41) is 4.36. The van der Waals surface area contributed by atoms with Crippen LogP contribution in [0.1, 0.15) is 115 Å². The molecular formula is C43H54OS2Se. The monoisotopic (exact) mass is 730 g/mol. The van der Waals surface area contributed by atoms with Crippen LogP contribution in [0.2, 0.25) is 0 Å². The van der Waals surface area contributed by atoms with Gasteiger partial charge >= 0.3 is 301 Å². The van der Waals surface area contributed by atoms with Gasteiger partial charge in [0.05, 0.1) is 0 Å². The predicted molar refractivity (Wildman–Crippen MR) is 211 cm³/mol. The van der Waals surface area contributed by atoms with E-state index in [0.717, 1.165) is 23.9 Å². The molecule has 0 saturated heterocycles. The summed E-state index contributed by atoms with van der Waals surface area (Å²) in [4.78, 5) is 15.1. The normalized spacial score (nSPS) is 16.1. The van der Waals surface area contributed by atoms with Crippen LogP contribution in [-0.2, 0) is 4.79 Å². The van der Waals surface area contributed by atoms with Crippen molar-refractivity contribution in [3.05, 3.63) is 124 Å². The van der Waals surface area contributed by atoms with E-state index in [4.69, 9.17) is 0 Å². The fraction of sp³-hybridized carbons (Fsp3) is 0.419. The fourth-order valence-corrected chi connectivity index (χ4v) is 9.68. The third-order valence-electron chi connectivity index (χ3n) is 9.04. The predicted octanol–water partition coefficient (Wildman–Crippen LogP) is 13.0. The number of carbonyl (C=O) groups excluding carboxylic acids is 1. The number of hydrogen-bond donors (Lipinski definition) is 0. The molecule has 4 heteroatoms. The van der Waals surface area contributed by atoms with Crippen LogP contribution in [0, 0.1) is 21.7 Å². The first-order valence-corrected chi connectivity index (χ1v) is 20.1. The minimum atomic E-state index is -0.262. The molecule has 47 heavy (non-hydrogen) atoms. The zero-order valence-electron chi connectivity index (χ0n) is 30.8. The van der Waals surface area contributed by atoms with Crippen LogP contribution in [0.3, 0.4) is 0 Å². The number of thiophene rings is 2. The van der Waals surface area contributed by atoms with Crippen LogP contribution < -0.4 is 0 Å². The van der Waals surface area contributed by atoms with Gasteiger partial charge in [-0.2, -0.15) is 0 Å². The van der Waals surface area contributed by atoms with Crippen molar-refractivity contribution < 1.29 is 4.79 Å². The standard InChI is InChI=1S/C43H54OS2Se/c1-28(40(2,3)4)22-29(25-33(27-44)43(11,12)13)38(34-16-14-20-45-34)36-18-19-37(47-36)39(35-17-15-21-46-35)30-23-31(41(5,6)7)26-32(24-30)42(8,9)10/h14-25,27H,26H2,1-13H3/b28-22+,33-25+,38-29+. The molecule has 0 amide bonds. The van der Waals surface area contributed by atoms with Crippen molar-refractivity contribution in [1.82, 2.24) is 0 Å². The van der Waals surface area contributed by atoms with Gasteiger partial charge in [0.15, 0.2) is 0 Å². The zero-order chi connectivity index (χ0) is 34.9. The van der Waals surface area contributed by atoms with E-state index in [1.165, 1.54) is 52.1 Å². The Morgan fingerprint density at radius 3 is 1.68 bits per heavy atom. The van der Waals surface area contributed by atoms with E-state index in [1.54, 1.807) is 11.3 Å². The molecule has 250 valence electrons. The summed E-state index contributed by atoms with van der Waals surface area (Å²) in [7, 11) is 0. The van der Waals surface area contributed by atoms with E-state index in [0.29, 0.717) is 0 Å². The van der Waals surface area contributed by atoms with Crippen molar-refractivity contribution in [3.8, 4) is 0 Å². The van der Waals surface area contributed by atoms with Gasteiger partial charge in [0.25, 0.3) is 0 Å². The van der Waals surface area contributed by atoms with Gasteiger partial charge in [0.1, 0.15) is 0 Å². The van der Waals surface area contributed by atoms with Gasteiger partial charge < -0.3 is 0 Å². The molecule has 1 aliphatic rings. The molecule has 0 fully saturated rings. The molecule has 0 bridgehead atoms. The van der Waals surface area contributed by atoms with Gasteiger partial charge in [0.2, 0.25) is 0 Å². The van der Waals surface area contributed by atoms with Crippen LogP contribution in [0.5, 0.6) is 0 Å². The first-order chi connectivity index (χ1) is 21.7. The number of aldehydes is 1. The average Bonchev–Trinajstić information content (AvgIpc) is 3.74. The van der Waals surface area contributed by atoms with Gasteiger partial charge in [-0.25, -0.2) is 0 Å². The first kappa shape index (κ1) is 37.3. The van der Waals surface area contributed by atoms with E-state index in [9.17, 15) is 4.79 Å². The summed E-state index contributed by atoms with van der Waals surface area (Å²) < 4.78 is 2.75. The van der Waals surface area contributed by atoms with Crippen molar-refractivity contribution in [2.24, 2.45) is 21.7 Å². The Morgan fingerprint density at radius 2 is 1.23 bits per heavy atom. The molecule has 0 aliphatic heterocycles. The molecule has 0 atom stereocenters. The fourth-order valence-electron chi connectivity index (χ4n) is 5.32. The second-order valence-electron chi connectivity index (χ2n) is 16.8. The van der Waals surface area contributed by atoms with Crippen LogP contribution in [0.25, 0.3) is 11.1 Å². The number of rotatable bonds is 7. The molecule has 0 aromatic carbocycles. The zero-order valence-corrected chi connectivity index (χ0v) is 34.2. The number of hydrogen-bond acceptors (Lipinski definition) is 3. The van der Waals surface area contributed by atoms with Crippen molar-refractivity contribution in [3.63, 3.8) is 0 Å². The summed E-state index contributed by atoms with van der Waals surface area (Å²) in [5.41, 5.74) is 10.1. The Labute approximate surface area is 299 Å². The topological polar surface area (TPSA) is 17.1 Å². The molecule has 1 aliphatic carbocycles. The summed E-state index contributed by atoms with van der Waals surface area (Å²) >= 11 is 3.66. The maximum atomic E-state index is 12.5. The Bertz CT molecular complexity index is 1730. The van der Waals surface area contributed by atoms with Gasteiger partial charge in [-0.1, -0.05) is 0 Å². The van der Waals surface area contributed by atoms with E-state index < -0.39 is 0 Å². The van der Waals surface area contributed by atoms with Crippen LogP contribution >= 0.6 is 22.7 Å². The van der Waals surface area contributed by atoms with Gasteiger partial charge in [-0.05, 0) is 0 Å². The second-order valence-corrected chi connectivity index (χ2v) is 21.0. The van der Waals surface area contributed by atoms with E-state index in [2.05, 4.69) is 161 Å². The molecule has 3 aromatic rings. The van der Waals surface area contributed by atoms with Crippen molar-refractivity contribution in [2.45, 2.75) is 96.4 Å². The average molecular weight is 730 g/mol. The Morgan fingerprint density at radius 1 is 0.702 bits per heavy atom. The number of carbonyl (C=O) groups is 1. The van der Waals surface area contributed by atoms with Crippen LogP contribution in [0.4, 0.5) is 0 Å². The Balaban J connectivity index is 2.09. The summed E-state index contributed by atoms with van der Waals surface area (Å²) in [5.74, 6) is 0. The summed E-state index contributed by atoms with van der Waals surface area (Å²) in [6.45, 7) is 29.4. The molecule has 0 unspecified atom stereocenters. The quantitative estimate of drug-likeness (QED) is 0.102. The van der Waals surface area contributed by atoms with E-state index >= 15 is 0 Å². The van der Waals surface area contributed by atoms with E-state index in [1.807, 2.05) is 11.3 Å². The van der Waals surface area contributed by atoms with Crippen molar-refractivity contribution >= 4 is 54.6 Å². The molecule has 4 rings (SSSR count). The molecular weight excluding hydrogens is 676 g/mol. The minimum absolute atomic E-state index is 0.00721. The third-order valence-corrected chi connectivity index (χ3v) is 13.2. The van der Waals surface area contributed by atoms with Gasteiger partial charge in [-0.3, -0.25) is 0 Å². The Kier molecular flexibility index (Phi) is 11.2. The van der Waals surface area contributed by atoms with Crippen LogP contribution in [0.15, 0.2) is 105 Å². The first-order valence-electron chi connectivity index (χ1n) is 16.7. The molecule has 1 nitrogen and oxygen atoms in total. The summed E-state index contributed by atoms with van der Waals surface area (Å²) in [6, 6.07) is 13.6. The summed E-state index contributed by atoms with van der Waals surface area (Å²) in [6.07, 6.45) is 11.5. The second kappa shape index (κ2) is 14.2. The van der Waals surface area contributed by atoms with E-state index in [-0.39, 0.29) is 36.2 Å². The van der Waals surface area contributed by atoms with Gasteiger partial charge in [0, 0.05) is 0 Å². The molecule has 0 radical (unpaired) electrons. The molecule has 0 N–H and O–H groups in total. The van der Waals surface area contributed by atoms with Crippen LogP contribution in [-0.4, -0.2) is 20.8 Å². The SMILES string of the molecule is C\C(=C/C(/C=C(\C=O)C(C)(C)C)=C(/c1cccs1)c1ccc(C(=C2C=C(C(C)(C)C)CC(C(C)(C)C)=C2)c2cccs2)[se]1)C(C)(C)C. The molecule has 0 spiro atoms. The van der Waals surface area contributed by atoms with Crippen molar-refractivity contribution in [1.29, 1.82) is 0 Å². The Hall–Kier alpha value is -2.49. The number of allylic oxidation sites excluding steroid dienone is 10. The molecule has 3 heterocycles. The maximum absolute atomic E-state index is 12.5.